The summed E-state index contributed by atoms with van der Waals surface area (Å²) >= 11 is 0. The van der Waals surface area contributed by atoms with E-state index in [0.29, 0.717) is 0 Å². The van der Waals surface area contributed by atoms with Gasteiger partial charge in [-0.05, 0) is 67.6 Å². The van der Waals surface area contributed by atoms with E-state index in [0.717, 1.165) is 33.8 Å². The van der Waals surface area contributed by atoms with Crippen LogP contribution in [0.2, 0.25) is 0 Å². The van der Waals surface area contributed by atoms with Crippen molar-refractivity contribution in [1.29, 1.82) is 0 Å². The van der Waals surface area contributed by atoms with Crippen molar-refractivity contribution in [2.24, 2.45) is 0 Å². The molecule has 0 saturated carbocycles. The Morgan fingerprint density at radius 2 is 0.592 bits per heavy atom. The first-order valence-corrected chi connectivity index (χ1v) is 15.8. The zero-order valence-corrected chi connectivity index (χ0v) is 28.9. The van der Waals surface area contributed by atoms with Gasteiger partial charge in [0.1, 0.15) is 0 Å². The fourth-order valence-corrected chi connectivity index (χ4v) is 5.62. The Hall–Kier alpha value is -5.80. The Balaban J connectivity index is 0.000000126. The first-order valence-electron chi connectivity index (χ1n) is 15.8. The molecular formula is C45H30IrN3. The molecule has 0 aliphatic heterocycles. The molecule has 3 heterocycles. The molecule has 3 aromatic heterocycles. The molecule has 0 amide bonds. The van der Waals surface area contributed by atoms with Crippen molar-refractivity contribution < 1.29 is 20.1 Å². The van der Waals surface area contributed by atoms with Crippen LogP contribution in [0, 0.1) is 18.2 Å². The minimum absolute atomic E-state index is 0. The van der Waals surface area contributed by atoms with Crippen molar-refractivity contribution in [3.05, 3.63) is 201 Å². The summed E-state index contributed by atoms with van der Waals surface area (Å²) in [6.45, 7) is 0. The van der Waals surface area contributed by atoms with Gasteiger partial charge in [0.2, 0.25) is 0 Å². The van der Waals surface area contributed by atoms with Gasteiger partial charge < -0.3 is 15.0 Å². The standard InChI is InChI=1S/3C15H10N.Ir/c3*1-2-7-13(8-3-1)15-14-9-5-4-6-12(14)10-11-16-15;/h3*1-7,9-11H;/q3*-1;+3. The molecule has 6 aromatic carbocycles. The SMILES string of the molecule is [Ir+3].[c-]1ccccc1-c1nccc2ccccc12.[c-]1ccccc1-c1nccc2ccccc12.[c-]1ccccc1-c1nccc2ccccc12. The number of fused-ring (bicyclic) bond motifs is 3. The van der Waals surface area contributed by atoms with Crippen LogP contribution in [-0.4, -0.2) is 15.0 Å². The molecule has 0 atom stereocenters. The minimum Gasteiger partial charge on any atom is -0.304 e. The van der Waals surface area contributed by atoms with Gasteiger partial charge in [-0.15, -0.1) is 108 Å². The third-order valence-electron chi connectivity index (χ3n) is 7.91. The van der Waals surface area contributed by atoms with Crippen LogP contribution in [0.15, 0.2) is 182 Å². The third-order valence-corrected chi connectivity index (χ3v) is 7.91. The summed E-state index contributed by atoms with van der Waals surface area (Å²) in [5, 5.41) is 7.16. The van der Waals surface area contributed by atoms with Crippen LogP contribution in [0.4, 0.5) is 0 Å². The van der Waals surface area contributed by atoms with Crippen LogP contribution in [0.1, 0.15) is 0 Å². The van der Waals surface area contributed by atoms with Crippen molar-refractivity contribution in [1.82, 2.24) is 15.0 Å². The zero-order valence-electron chi connectivity index (χ0n) is 26.5. The smallest absolute Gasteiger partial charge is 0.304 e. The molecule has 234 valence electrons. The summed E-state index contributed by atoms with van der Waals surface area (Å²) in [7, 11) is 0. The summed E-state index contributed by atoms with van der Waals surface area (Å²) in [5.41, 5.74) is 6.12. The predicted molar refractivity (Wildman–Crippen MR) is 198 cm³/mol. The second-order valence-electron chi connectivity index (χ2n) is 11.0. The van der Waals surface area contributed by atoms with Crippen LogP contribution in [0.5, 0.6) is 0 Å². The van der Waals surface area contributed by atoms with E-state index in [4.69, 9.17) is 0 Å². The number of rotatable bonds is 3. The fraction of sp³-hybridized carbons (Fsp3) is 0. The van der Waals surface area contributed by atoms with Gasteiger partial charge >= 0.3 is 20.1 Å². The Labute approximate surface area is 300 Å². The van der Waals surface area contributed by atoms with Gasteiger partial charge in [0.05, 0.1) is 0 Å². The summed E-state index contributed by atoms with van der Waals surface area (Å²) in [6.07, 6.45) is 5.54. The molecule has 0 aliphatic carbocycles. The molecule has 0 radical (unpaired) electrons. The van der Waals surface area contributed by atoms with E-state index in [1.165, 1.54) is 32.3 Å². The summed E-state index contributed by atoms with van der Waals surface area (Å²) in [4.78, 5) is 13.3. The number of hydrogen-bond acceptors (Lipinski definition) is 3. The number of benzene rings is 6. The molecule has 49 heavy (non-hydrogen) atoms. The van der Waals surface area contributed by atoms with Gasteiger partial charge in [-0.2, -0.15) is 0 Å². The Morgan fingerprint density at radius 1 is 0.306 bits per heavy atom. The molecule has 9 rings (SSSR count). The normalized spacial score (nSPS) is 10.3. The third kappa shape index (κ3) is 7.85. The van der Waals surface area contributed by atoms with Gasteiger partial charge in [0.15, 0.2) is 0 Å². The van der Waals surface area contributed by atoms with E-state index in [2.05, 4.69) is 69.5 Å². The van der Waals surface area contributed by atoms with Crippen molar-refractivity contribution >= 4 is 32.3 Å². The van der Waals surface area contributed by atoms with E-state index in [-0.39, 0.29) is 20.1 Å². The topological polar surface area (TPSA) is 38.7 Å². The summed E-state index contributed by atoms with van der Waals surface area (Å²) < 4.78 is 0. The molecule has 0 saturated heterocycles. The van der Waals surface area contributed by atoms with E-state index < -0.39 is 0 Å². The summed E-state index contributed by atoms with van der Waals surface area (Å²) in [6, 6.07) is 64.3. The maximum atomic E-state index is 4.45. The molecule has 4 heteroatoms. The quantitative estimate of drug-likeness (QED) is 0.167. The van der Waals surface area contributed by atoms with Crippen LogP contribution in [0.25, 0.3) is 66.1 Å². The van der Waals surface area contributed by atoms with Crippen LogP contribution < -0.4 is 0 Å². The average molecular weight is 805 g/mol. The Morgan fingerprint density at radius 3 is 0.878 bits per heavy atom. The van der Waals surface area contributed by atoms with E-state index in [1.807, 2.05) is 146 Å². The maximum Gasteiger partial charge on any atom is 3.00 e. The van der Waals surface area contributed by atoms with E-state index in [1.54, 1.807) is 0 Å². The zero-order chi connectivity index (χ0) is 32.4. The van der Waals surface area contributed by atoms with Crippen molar-refractivity contribution in [2.75, 3.05) is 0 Å². The average Bonchev–Trinajstić information content (AvgIpc) is 3.19. The summed E-state index contributed by atoms with van der Waals surface area (Å²) in [5.74, 6) is 0. The molecule has 0 bridgehead atoms. The number of hydrogen-bond donors (Lipinski definition) is 0. The Bertz CT molecular complexity index is 2110. The van der Waals surface area contributed by atoms with Gasteiger partial charge in [-0.3, -0.25) is 0 Å². The second kappa shape index (κ2) is 16.3. The Kier molecular flexibility index (Phi) is 11.0. The molecule has 0 unspecified atom stereocenters. The first kappa shape index (κ1) is 33.1. The van der Waals surface area contributed by atoms with Gasteiger partial charge in [-0.1, -0.05) is 72.8 Å². The van der Waals surface area contributed by atoms with Gasteiger partial charge in [-0.25, -0.2) is 0 Å². The number of aromatic nitrogens is 3. The minimum atomic E-state index is 0. The second-order valence-corrected chi connectivity index (χ2v) is 11.0. The molecular weight excluding hydrogens is 775 g/mol. The fourth-order valence-electron chi connectivity index (χ4n) is 5.62. The maximum absolute atomic E-state index is 4.45. The van der Waals surface area contributed by atoms with Gasteiger partial charge in [0.25, 0.3) is 0 Å². The van der Waals surface area contributed by atoms with Crippen molar-refractivity contribution in [3.8, 4) is 33.8 Å². The molecule has 0 N–H and O–H groups in total. The molecule has 0 spiro atoms. The first-order chi connectivity index (χ1) is 23.8. The monoisotopic (exact) mass is 805 g/mol. The number of nitrogens with zero attached hydrogens (tertiary/aromatic N) is 3. The molecule has 0 aliphatic rings. The van der Waals surface area contributed by atoms with Crippen LogP contribution in [-0.2, 0) is 20.1 Å². The van der Waals surface area contributed by atoms with Crippen molar-refractivity contribution in [2.45, 2.75) is 0 Å². The van der Waals surface area contributed by atoms with E-state index in [9.17, 15) is 0 Å². The van der Waals surface area contributed by atoms with Crippen LogP contribution >= 0.6 is 0 Å². The number of pyridine rings is 3. The predicted octanol–water partition coefficient (Wildman–Crippen LogP) is 11.1. The van der Waals surface area contributed by atoms with Gasteiger partial charge in [0, 0.05) is 18.6 Å². The largest absolute Gasteiger partial charge is 3.00 e. The van der Waals surface area contributed by atoms with Crippen molar-refractivity contribution in [3.63, 3.8) is 0 Å². The van der Waals surface area contributed by atoms with Crippen LogP contribution in [0.3, 0.4) is 0 Å². The molecule has 0 fully saturated rings. The molecule has 9 aromatic rings. The molecule has 3 nitrogen and oxygen atoms in total. The van der Waals surface area contributed by atoms with E-state index >= 15 is 0 Å².